The van der Waals surface area contributed by atoms with E-state index >= 15 is 0 Å². The molecule has 2 N–H and O–H groups in total. The Morgan fingerprint density at radius 1 is 1.00 bits per heavy atom. The van der Waals surface area contributed by atoms with Crippen molar-refractivity contribution in [3.63, 3.8) is 0 Å². The molecule has 1 heterocycles. The molecule has 3 rings (SSSR count). The third-order valence-electron chi connectivity index (χ3n) is 3.28. The molecule has 0 atom stereocenters. The summed E-state index contributed by atoms with van der Waals surface area (Å²) < 4.78 is 11.2. The summed E-state index contributed by atoms with van der Waals surface area (Å²) in [5, 5.41) is 3.52. The van der Waals surface area contributed by atoms with Crippen LogP contribution in [0, 0.1) is 0 Å². The van der Waals surface area contributed by atoms with Crippen molar-refractivity contribution in [2.24, 2.45) is 10.9 Å². The van der Waals surface area contributed by atoms with Crippen LogP contribution in [-0.2, 0) is 9.47 Å². The van der Waals surface area contributed by atoms with Crippen LogP contribution in [0.1, 0.15) is 17.4 Å². The first-order valence-electron chi connectivity index (χ1n) is 6.54. The van der Waals surface area contributed by atoms with Gasteiger partial charge in [-0.15, -0.1) is 0 Å². The molecule has 0 aromatic heterocycles. The molecular formula is C16H16N2O2. The van der Waals surface area contributed by atoms with Crippen molar-refractivity contribution in [2.75, 3.05) is 13.2 Å². The smallest absolute Gasteiger partial charge is 0.184 e. The molecule has 1 fully saturated rings. The van der Waals surface area contributed by atoms with E-state index in [4.69, 9.17) is 15.3 Å². The van der Waals surface area contributed by atoms with E-state index in [0.717, 1.165) is 22.3 Å². The van der Waals surface area contributed by atoms with Crippen molar-refractivity contribution in [3.8, 4) is 11.1 Å². The molecule has 0 spiro atoms. The predicted octanol–water partition coefficient (Wildman–Crippen LogP) is 2.69. The number of hydrogen-bond donors (Lipinski definition) is 1. The first-order valence-corrected chi connectivity index (χ1v) is 6.54. The summed E-state index contributed by atoms with van der Waals surface area (Å²) >= 11 is 0. The van der Waals surface area contributed by atoms with Crippen molar-refractivity contribution in [1.29, 1.82) is 0 Å². The van der Waals surface area contributed by atoms with Crippen LogP contribution in [-0.4, -0.2) is 19.4 Å². The van der Waals surface area contributed by atoms with Crippen LogP contribution in [0.3, 0.4) is 0 Å². The number of ether oxygens (including phenoxy) is 2. The van der Waals surface area contributed by atoms with Crippen molar-refractivity contribution < 1.29 is 9.47 Å². The van der Waals surface area contributed by atoms with Crippen LogP contribution in [0.4, 0.5) is 0 Å². The molecule has 1 aliphatic heterocycles. The largest absolute Gasteiger partial charge is 0.346 e. The molecule has 1 aliphatic rings. The predicted molar refractivity (Wildman–Crippen MR) is 78.3 cm³/mol. The minimum Gasteiger partial charge on any atom is -0.346 e. The quantitative estimate of drug-likeness (QED) is 0.529. The van der Waals surface area contributed by atoms with Gasteiger partial charge in [-0.3, -0.25) is 0 Å². The van der Waals surface area contributed by atoms with Gasteiger partial charge in [0, 0.05) is 5.56 Å². The Kier molecular flexibility index (Phi) is 3.76. The number of hydrazone groups is 1. The van der Waals surface area contributed by atoms with Crippen molar-refractivity contribution in [1.82, 2.24) is 0 Å². The zero-order valence-corrected chi connectivity index (χ0v) is 11.0. The topological polar surface area (TPSA) is 56.8 Å². The van der Waals surface area contributed by atoms with E-state index in [9.17, 15) is 0 Å². The van der Waals surface area contributed by atoms with E-state index in [-0.39, 0.29) is 6.29 Å². The Morgan fingerprint density at radius 3 is 2.40 bits per heavy atom. The molecule has 0 saturated carbocycles. The Labute approximate surface area is 117 Å². The van der Waals surface area contributed by atoms with E-state index in [1.54, 1.807) is 6.21 Å². The highest BCUT2D eigenvalue weighted by Crippen LogP contribution is 2.32. The Morgan fingerprint density at radius 2 is 1.70 bits per heavy atom. The van der Waals surface area contributed by atoms with E-state index < -0.39 is 0 Å². The van der Waals surface area contributed by atoms with E-state index in [0.29, 0.717) is 13.2 Å². The van der Waals surface area contributed by atoms with Crippen LogP contribution >= 0.6 is 0 Å². The summed E-state index contributed by atoms with van der Waals surface area (Å²) in [6, 6.07) is 16.2. The van der Waals surface area contributed by atoms with Gasteiger partial charge in [0.15, 0.2) is 6.29 Å². The minimum atomic E-state index is -0.267. The van der Waals surface area contributed by atoms with Crippen LogP contribution in [0.5, 0.6) is 0 Å². The number of benzene rings is 2. The van der Waals surface area contributed by atoms with Crippen LogP contribution in [0.25, 0.3) is 11.1 Å². The lowest BCUT2D eigenvalue weighted by atomic mass is 9.98. The van der Waals surface area contributed by atoms with E-state index in [1.165, 1.54) is 0 Å². The number of nitrogens with zero attached hydrogens (tertiary/aromatic N) is 1. The third-order valence-corrected chi connectivity index (χ3v) is 3.28. The molecule has 0 aliphatic carbocycles. The zero-order chi connectivity index (χ0) is 13.8. The first kappa shape index (κ1) is 12.8. The van der Waals surface area contributed by atoms with Crippen LogP contribution < -0.4 is 5.84 Å². The molecule has 0 unspecified atom stereocenters. The fraction of sp³-hybridized carbons (Fsp3) is 0.188. The fourth-order valence-corrected chi connectivity index (χ4v) is 2.34. The third kappa shape index (κ3) is 2.57. The van der Waals surface area contributed by atoms with Gasteiger partial charge in [-0.25, -0.2) is 0 Å². The van der Waals surface area contributed by atoms with Crippen molar-refractivity contribution in [3.05, 3.63) is 59.7 Å². The highest BCUT2D eigenvalue weighted by Gasteiger charge is 2.21. The molecule has 2 aromatic rings. The van der Waals surface area contributed by atoms with Gasteiger partial charge in [0.25, 0.3) is 0 Å². The fourth-order valence-electron chi connectivity index (χ4n) is 2.34. The molecule has 4 heteroatoms. The minimum absolute atomic E-state index is 0.267. The van der Waals surface area contributed by atoms with Crippen molar-refractivity contribution in [2.45, 2.75) is 6.29 Å². The Balaban J connectivity index is 1.96. The monoisotopic (exact) mass is 268 g/mol. The highest BCUT2D eigenvalue weighted by molar-refractivity contribution is 5.81. The second-order valence-electron chi connectivity index (χ2n) is 4.56. The lowest BCUT2D eigenvalue weighted by molar-refractivity contribution is -0.0436. The number of hydrogen-bond acceptors (Lipinski definition) is 4. The first-order chi connectivity index (χ1) is 9.88. The molecule has 2 aromatic carbocycles. The molecule has 1 saturated heterocycles. The van der Waals surface area contributed by atoms with E-state index in [2.05, 4.69) is 11.2 Å². The maximum absolute atomic E-state index is 5.60. The van der Waals surface area contributed by atoms with Gasteiger partial charge >= 0.3 is 0 Å². The van der Waals surface area contributed by atoms with Crippen LogP contribution in [0.15, 0.2) is 53.6 Å². The molecule has 0 radical (unpaired) electrons. The second-order valence-corrected chi connectivity index (χ2v) is 4.56. The highest BCUT2D eigenvalue weighted by atomic mass is 16.7. The van der Waals surface area contributed by atoms with Gasteiger partial charge < -0.3 is 15.3 Å². The maximum Gasteiger partial charge on any atom is 0.184 e. The zero-order valence-electron chi connectivity index (χ0n) is 11.0. The molecule has 0 bridgehead atoms. The molecule has 102 valence electrons. The number of rotatable bonds is 3. The average molecular weight is 268 g/mol. The van der Waals surface area contributed by atoms with Gasteiger partial charge in [-0.1, -0.05) is 48.5 Å². The summed E-state index contributed by atoms with van der Waals surface area (Å²) in [7, 11) is 0. The maximum atomic E-state index is 5.60. The molecular weight excluding hydrogens is 252 g/mol. The van der Waals surface area contributed by atoms with Gasteiger partial charge in [0.2, 0.25) is 0 Å². The normalized spacial score (nSPS) is 16.0. The van der Waals surface area contributed by atoms with Gasteiger partial charge in [0.05, 0.1) is 19.4 Å². The average Bonchev–Trinajstić information content (AvgIpc) is 3.03. The Hall–Kier alpha value is -2.17. The summed E-state index contributed by atoms with van der Waals surface area (Å²) in [6.45, 7) is 1.29. The summed E-state index contributed by atoms with van der Waals surface area (Å²) in [5.41, 5.74) is 4.27. The Bertz CT molecular complexity index is 602. The second kappa shape index (κ2) is 5.86. The molecule has 0 amide bonds. The SMILES string of the molecule is NN=Cc1ccc(-c2ccccc2C2OCCO2)cc1. The summed E-state index contributed by atoms with van der Waals surface area (Å²) in [5.74, 6) is 5.15. The standard InChI is InChI=1S/C16H16N2O2/c17-18-11-12-5-7-13(8-6-12)14-3-1-2-4-15(14)16-19-9-10-20-16/h1-8,11,16H,9-10,17H2. The van der Waals surface area contributed by atoms with Gasteiger partial charge in [-0.05, 0) is 16.7 Å². The van der Waals surface area contributed by atoms with Crippen LogP contribution in [0.2, 0.25) is 0 Å². The lowest BCUT2D eigenvalue weighted by Gasteiger charge is -2.14. The molecule has 4 nitrogen and oxygen atoms in total. The lowest BCUT2D eigenvalue weighted by Crippen LogP contribution is -2.00. The molecule has 20 heavy (non-hydrogen) atoms. The van der Waals surface area contributed by atoms with E-state index in [1.807, 2.05) is 42.5 Å². The van der Waals surface area contributed by atoms with Gasteiger partial charge in [-0.2, -0.15) is 5.10 Å². The summed E-state index contributed by atoms with van der Waals surface area (Å²) in [4.78, 5) is 0. The van der Waals surface area contributed by atoms with Crippen molar-refractivity contribution >= 4 is 6.21 Å². The summed E-state index contributed by atoms with van der Waals surface area (Å²) in [6.07, 6.45) is 1.36. The number of nitrogens with two attached hydrogens (primary N) is 1. The van der Waals surface area contributed by atoms with Gasteiger partial charge in [0.1, 0.15) is 0 Å².